The summed E-state index contributed by atoms with van der Waals surface area (Å²) in [5, 5.41) is 3.16. The molecule has 2 unspecified atom stereocenters. The van der Waals surface area contributed by atoms with Gasteiger partial charge in [0.15, 0.2) is 0 Å². The number of carbonyl (C=O) groups excluding carboxylic acids is 1. The molecule has 0 aromatic heterocycles. The Morgan fingerprint density at radius 1 is 1.47 bits per heavy atom. The smallest absolute Gasteiger partial charge is 0.326 e. The van der Waals surface area contributed by atoms with Crippen LogP contribution in [0.4, 0.5) is 0 Å². The van der Waals surface area contributed by atoms with Gasteiger partial charge in [0, 0.05) is 20.1 Å². The van der Waals surface area contributed by atoms with Crippen molar-refractivity contribution in [3.8, 4) is 0 Å². The lowest BCUT2D eigenvalue weighted by Gasteiger charge is -2.28. The molecule has 4 heteroatoms. The molecule has 0 spiro atoms. The quantitative estimate of drug-likeness (QED) is 0.701. The van der Waals surface area contributed by atoms with Gasteiger partial charge >= 0.3 is 5.97 Å². The fraction of sp³-hybridized carbons (Fsp3) is 0.909. The van der Waals surface area contributed by atoms with Crippen LogP contribution < -0.4 is 5.32 Å². The van der Waals surface area contributed by atoms with E-state index in [9.17, 15) is 4.79 Å². The molecule has 2 atom stereocenters. The minimum absolute atomic E-state index is 0.0996. The monoisotopic (exact) mass is 215 g/mol. The SMILES string of the molecule is COC1CNC(C)(C(=O)OC(C)(C)C)C1. The first-order valence-corrected chi connectivity index (χ1v) is 5.28. The highest BCUT2D eigenvalue weighted by Crippen LogP contribution is 2.24. The van der Waals surface area contributed by atoms with Gasteiger partial charge in [-0.3, -0.25) is 10.1 Å². The number of carbonyl (C=O) groups is 1. The molecule has 4 nitrogen and oxygen atoms in total. The Morgan fingerprint density at radius 3 is 2.47 bits per heavy atom. The van der Waals surface area contributed by atoms with Crippen molar-refractivity contribution in [3.05, 3.63) is 0 Å². The lowest BCUT2D eigenvalue weighted by molar-refractivity contribution is -0.162. The Labute approximate surface area is 91.3 Å². The Bertz CT molecular complexity index is 247. The van der Waals surface area contributed by atoms with Gasteiger partial charge in [-0.05, 0) is 27.7 Å². The molecule has 0 radical (unpaired) electrons. The maximum Gasteiger partial charge on any atom is 0.326 e. The minimum atomic E-state index is -0.603. The van der Waals surface area contributed by atoms with E-state index in [1.807, 2.05) is 27.7 Å². The zero-order chi connectivity index (χ0) is 11.7. The minimum Gasteiger partial charge on any atom is -0.459 e. The van der Waals surface area contributed by atoms with Crippen LogP contribution in [0.2, 0.25) is 0 Å². The topological polar surface area (TPSA) is 47.6 Å². The van der Waals surface area contributed by atoms with Crippen LogP contribution in [0.15, 0.2) is 0 Å². The standard InChI is InChI=1S/C11H21NO3/c1-10(2,3)15-9(13)11(4)6-8(14-5)7-12-11/h8,12H,6-7H2,1-5H3. The first-order chi connectivity index (χ1) is 6.77. The molecule has 0 saturated carbocycles. The van der Waals surface area contributed by atoms with Crippen molar-refractivity contribution in [1.29, 1.82) is 0 Å². The van der Waals surface area contributed by atoms with Crippen LogP contribution in [-0.4, -0.2) is 36.9 Å². The average molecular weight is 215 g/mol. The number of ether oxygens (including phenoxy) is 2. The van der Waals surface area contributed by atoms with E-state index < -0.39 is 11.1 Å². The summed E-state index contributed by atoms with van der Waals surface area (Å²) in [4.78, 5) is 11.9. The van der Waals surface area contributed by atoms with Gasteiger partial charge in [-0.1, -0.05) is 0 Å². The summed E-state index contributed by atoms with van der Waals surface area (Å²) < 4.78 is 10.6. The van der Waals surface area contributed by atoms with Gasteiger partial charge in [0.25, 0.3) is 0 Å². The molecule has 1 heterocycles. The fourth-order valence-corrected chi connectivity index (χ4v) is 1.65. The zero-order valence-corrected chi connectivity index (χ0v) is 10.2. The second-order valence-corrected chi connectivity index (χ2v) is 5.28. The normalized spacial score (nSPS) is 31.7. The van der Waals surface area contributed by atoms with E-state index in [1.165, 1.54) is 0 Å². The van der Waals surface area contributed by atoms with Crippen LogP contribution in [0.3, 0.4) is 0 Å². The summed E-state index contributed by atoms with van der Waals surface area (Å²) in [5.41, 5.74) is -1.04. The van der Waals surface area contributed by atoms with Crippen LogP contribution >= 0.6 is 0 Å². The van der Waals surface area contributed by atoms with E-state index in [2.05, 4.69) is 5.32 Å². The van der Waals surface area contributed by atoms with Gasteiger partial charge in [0.2, 0.25) is 0 Å². The Hall–Kier alpha value is -0.610. The molecular formula is C11H21NO3. The second-order valence-electron chi connectivity index (χ2n) is 5.28. The van der Waals surface area contributed by atoms with Gasteiger partial charge < -0.3 is 9.47 Å². The summed E-state index contributed by atoms with van der Waals surface area (Å²) in [6.45, 7) is 8.18. The molecule has 15 heavy (non-hydrogen) atoms. The molecule has 0 aromatic carbocycles. The van der Waals surface area contributed by atoms with Crippen LogP contribution in [0.1, 0.15) is 34.1 Å². The van der Waals surface area contributed by atoms with E-state index >= 15 is 0 Å². The molecule has 1 aliphatic rings. The van der Waals surface area contributed by atoms with Gasteiger partial charge in [0.05, 0.1) is 6.10 Å². The third-order valence-corrected chi connectivity index (χ3v) is 2.54. The highest BCUT2D eigenvalue weighted by molar-refractivity contribution is 5.81. The highest BCUT2D eigenvalue weighted by atomic mass is 16.6. The van der Waals surface area contributed by atoms with Crippen molar-refractivity contribution in [1.82, 2.24) is 5.32 Å². The predicted octanol–water partition coefficient (Wildman–Crippen LogP) is 1.10. The highest BCUT2D eigenvalue weighted by Gasteiger charge is 2.43. The molecule has 88 valence electrons. The van der Waals surface area contributed by atoms with Gasteiger partial charge in [-0.2, -0.15) is 0 Å². The van der Waals surface area contributed by atoms with Crippen LogP contribution in [0.25, 0.3) is 0 Å². The lowest BCUT2D eigenvalue weighted by atomic mass is 9.99. The second kappa shape index (κ2) is 4.10. The number of nitrogens with one attached hydrogen (secondary N) is 1. The van der Waals surface area contributed by atoms with Crippen molar-refractivity contribution in [2.75, 3.05) is 13.7 Å². The van der Waals surface area contributed by atoms with Crippen molar-refractivity contribution < 1.29 is 14.3 Å². The Morgan fingerprint density at radius 2 is 2.07 bits per heavy atom. The van der Waals surface area contributed by atoms with Gasteiger partial charge in [0.1, 0.15) is 11.1 Å². The largest absolute Gasteiger partial charge is 0.459 e. The van der Waals surface area contributed by atoms with Gasteiger partial charge in [-0.15, -0.1) is 0 Å². The molecule has 1 rings (SSSR count). The molecule has 0 aromatic rings. The summed E-state index contributed by atoms with van der Waals surface area (Å²) in [5.74, 6) is -0.199. The molecule has 1 saturated heterocycles. The number of esters is 1. The van der Waals surface area contributed by atoms with E-state index in [1.54, 1.807) is 7.11 Å². The summed E-state index contributed by atoms with van der Waals surface area (Å²) in [7, 11) is 1.66. The van der Waals surface area contributed by atoms with Gasteiger partial charge in [-0.25, -0.2) is 0 Å². The molecule has 0 aliphatic carbocycles. The molecular weight excluding hydrogens is 194 g/mol. The number of hydrogen-bond donors (Lipinski definition) is 1. The van der Waals surface area contributed by atoms with Crippen molar-refractivity contribution in [3.63, 3.8) is 0 Å². The summed E-state index contributed by atoms with van der Waals surface area (Å²) >= 11 is 0. The first kappa shape index (κ1) is 12.5. The van der Waals surface area contributed by atoms with E-state index in [-0.39, 0.29) is 12.1 Å². The van der Waals surface area contributed by atoms with E-state index in [4.69, 9.17) is 9.47 Å². The molecule has 1 fully saturated rings. The van der Waals surface area contributed by atoms with Crippen LogP contribution in [-0.2, 0) is 14.3 Å². The van der Waals surface area contributed by atoms with Crippen LogP contribution in [0, 0.1) is 0 Å². The van der Waals surface area contributed by atoms with E-state index in [0.29, 0.717) is 13.0 Å². The summed E-state index contributed by atoms with van der Waals surface area (Å²) in [6.07, 6.45) is 0.765. The molecule has 1 N–H and O–H groups in total. The average Bonchev–Trinajstić information content (AvgIpc) is 2.46. The number of methoxy groups -OCH3 is 1. The molecule has 0 amide bonds. The Kier molecular flexibility index (Phi) is 3.41. The molecule has 0 bridgehead atoms. The molecule has 1 aliphatic heterocycles. The zero-order valence-electron chi connectivity index (χ0n) is 10.2. The summed E-state index contributed by atoms with van der Waals surface area (Å²) in [6, 6.07) is 0. The number of rotatable bonds is 2. The Balaban J connectivity index is 2.60. The maximum absolute atomic E-state index is 11.9. The lowest BCUT2D eigenvalue weighted by Crippen LogP contribution is -2.48. The predicted molar refractivity (Wildman–Crippen MR) is 57.7 cm³/mol. The van der Waals surface area contributed by atoms with Crippen molar-refractivity contribution in [2.24, 2.45) is 0 Å². The number of hydrogen-bond acceptors (Lipinski definition) is 4. The van der Waals surface area contributed by atoms with Crippen molar-refractivity contribution in [2.45, 2.75) is 51.4 Å². The fourth-order valence-electron chi connectivity index (χ4n) is 1.65. The van der Waals surface area contributed by atoms with E-state index in [0.717, 1.165) is 0 Å². The maximum atomic E-state index is 11.9. The third kappa shape index (κ3) is 3.18. The third-order valence-electron chi connectivity index (χ3n) is 2.54. The van der Waals surface area contributed by atoms with Crippen molar-refractivity contribution >= 4 is 5.97 Å². The first-order valence-electron chi connectivity index (χ1n) is 5.28. The van der Waals surface area contributed by atoms with Crippen LogP contribution in [0.5, 0.6) is 0 Å².